The van der Waals surface area contributed by atoms with Gasteiger partial charge >= 0.3 is 0 Å². The van der Waals surface area contributed by atoms with Crippen molar-refractivity contribution in [2.45, 2.75) is 25.7 Å². The van der Waals surface area contributed by atoms with Crippen molar-refractivity contribution in [2.75, 3.05) is 0 Å². The van der Waals surface area contributed by atoms with Gasteiger partial charge in [0.05, 0.1) is 17.7 Å². The Kier molecular flexibility index (Phi) is 3.70. The Morgan fingerprint density at radius 3 is 2.71 bits per heavy atom. The van der Waals surface area contributed by atoms with Crippen molar-refractivity contribution in [1.82, 2.24) is 0 Å². The van der Waals surface area contributed by atoms with Crippen LogP contribution in [0.3, 0.4) is 0 Å². The van der Waals surface area contributed by atoms with E-state index in [0.717, 1.165) is 12.0 Å². The van der Waals surface area contributed by atoms with E-state index >= 15 is 0 Å². The average molecular weight is 184 g/mol. The molecule has 0 aliphatic heterocycles. The second-order valence-corrected chi connectivity index (χ2v) is 3.20. The number of nitrogens with zero attached hydrogens (tertiary/aromatic N) is 2. The van der Waals surface area contributed by atoms with Gasteiger partial charge in [0.15, 0.2) is 0 Å². The van der Waals surface area contributed by atoms with Gasteiger partial charge in [-0.1, -0.05) is 19.1 Å². The Morgan fingerprint density at radius 2 is 2.14 bits per heavy atom. The molecular formula is C12H12N2. The van der Waals surface area contributed by atoms with Crippen molar-refractivity contribution in [3.05, 3.63) is 35.4 Å². The zero-order chi connectivity index (χ0) is 10.4. The SMILES string of the molecule is CCC(CC#N)c1cccc(C#N)c1. The largest absolute Gasteiger partial charge is 0.198 e. The lowest BCUT2D eigenvalue weighted by Crippen LogP contribution is -1.96. The zero-order valence-electron chi connectivity index (χ0n) is 8.20. The van der Waals surface area contributed by atoms with Crippen LogP contribution in [-0.4, -0.2) is 0 Å². The molecule has 1 rings (SSSR count). The second kappa shape index (κ2) is 5.04. The van der Waals surface area contributed by atoms with Gasteiger partial charge in [-0.05, 0) is 30.0 Å². The molecule has 1 aromatic rings. The van der Waals surface area contributed by atoms with Gasteiger partial charge in [-0.2, -0.15) is 10.5 Å². The molecule has 0 amide bonds. The Bertz CT molecular complexity index is 382. The average Bonchev–Trinajstić information content (AvgIpc) is 2.26. The van der Waals surface area contributed by atoms with Gasteiger partial charge in [0.1, 0.15) is 0 Å². The molecule has 2 nitrogen and oxygen atoms in total. The van der Waals surface area contributed by atoms with E-state index < -0.39 is 0 Å². The van der Waals surface area contributed by atoms with Crippen LogP contribution in [0.1, 0.15) is 36.8 Å². The van der Waals surface area contributed by atoms with E-state index in [0.29, 0.717) is 12.0 Å². The first kappa shape index (κ1) is 10.3. The maximum absolute atomic E-state index is 8.73. The second-order valence-electron chi connectivity index (χ2n) is 3.20. The van der Waals surface area contributed by atoms with Gasteiger partial charge in [-0.15, -0.1) is 0 Å². The highest BCUT2D eigenvalue weighted by Gasteiger charge is 2.08. The van der Waals surface area contributed by atoms with Crippen LogP contribution in [-0.2, 0) is 0 Å². The highest BCUT2D eigenvalue weighted by atomic mass is 14.3. The van der Waals surface area contributed by atoms with E-state index in [4.69, 9.17) is 10.5 Å². The van der Waals surface area contributed by atoms with Gasteiger partial charge in [0.25, 0.3) is 0 Å². The molecule has 14 heavy (non-hydrogen) atoms. The molecule has 1 atom stereocenters. The minimum atomic E-state index is 0.258. The van der Waals surface area contributed by atoms with Crippen LogP contribution >= 0.6 is 0 Å². The third kappa shape index (κ3) is 2.34. The lowest BCUT2D eigenvalue weighted by molar-refractivity contribution is 0.680. The first-order valence-corrected chi connectivity index (χ1v) is 4.68. The van der Waals surface area contributed by atoms with Crippen LogP contribution in [0, 0.1) is 22.7 Å². The highest BCUT2D eigenvalue weighted by Crippen LogP contribution is 2.23. The number of hydrogen-bond donors (Lipinski definition) is 0. The molecule has 0 aromatic heterocycles. The summed E-state index contributed by atoms with van der Waals surface area (Å²) in [5.74, 6) is 0.258. The molecular weight excluding hydrogens is 172 g/mol. The molecule has 2 heteroatoms. The third-order valence-electron chi connectivity index (χ3n) is 2.32. The molecule has 0 aliphatic carbocycles. The van der Waals surface area contributed by atoms with Crippen LogP contribution in [0.5, 0.6) is 0 Å². The molecule has 0 radical (unpaired) electrons. The fourth-order valence-electron chi connectivity index (χ4n) is 1.47. The fraction of sp³-hybridized carbons (Fsp3) is 0.333. The number of rotatable bonds is 3. The minimum absolute atomic E-state index is 0.258. The molecule has 0 aliphatic rings. The summed E-state index contributed by atoms with van der Waals surface area (Å²) in [6.07, 6.45) is 1.45. The Labute approximate surface area is 84.4 Å². The summed E-state index contributed by atoms with van der Waals surface area (Å²) in [6, 6.07) is 11.8. The molecule has 0 fully saturated rings. The van der Waals surface area contributed by atoms with Gasteiger partial charge in [0.2, 0.25) is 0 Å². The molecule has 0 N–H and O–H groups in total. The maximum Gasteiger partial charge on any atom is 0.0991 e. The van der Waals surface area contributed by atoms with Crippen molar-refractivity contribution in [1.29, 1.82) is 10.5 Å². The predicted octanol–water partition coefficient (Wildman–Crippen LogP) is 2.97. The molecule has 70 valence electrons. The normalized spacial score (nSPS) is 11.4. The topological polar surface area (TPSA) is 47.6 Å². The quantitative estimate of drug-likeness (QED) is 0.725. The maximum atomic E-state index is 8.73. The molecule has 1 aromatic carbocycles. The standard InChI is InChI=1S/C12H12N2/c1-2-11(6-7-13)12-5-3-4-10(8-12)9-14/h3-5,8,11H,2,6H2,1H3. The van der Waals surface area contributed by atoms with Crippen molar-refractivity contribution in [3.63, 3.8) is 0 Å². The Balaban J connectivity index is 2.94. The fourth-order valence-corrected chi connectivity index (χ4v) is 1.47. The van der Waals surface area contributed by atoms with Crippen LogP contribution in [0.25, 0.3) is 0 Å². The number of benzene rings is 1. The number of hydrogen-bond acceptors (Lipinski definition) is 2. The molecule has 0 saturated carbocycles. The highest BCUT2D eigenvalue weighted by molar-refractivity contribution is 5.34. The summed E-state index contributed by atoms with van der Waals surface area (Å²) in [5.41, 5.74) is 1.76. The summed E-state index contributed by atoms with van der Waals surface area (Å²) < 4.78 is 0. The molecule has 0 saturated heterocycles. The zero-order valence-corrected chi connectivity index (χ0v) is 8.20. The molecule has 0 spiro atoms. The van der Waals surface area contributed by atoms with Gasteiger partial charge < -0.3 is 0 Å². The summed E-state index contributed by atoms with van der Waals surface area (Å²) >= 11 is 0. The molecule has 0 heterocycles. The van der Waals surface area contributed by atoms with E-state index in [1.807, 2.05) is 18.2 Å². The van der Waals surface area contributed by atoms with Gasteiger partial charge in [0, 0.05) is 6.42 Å². The smallest absolute Gasteiger partial charge is 0.0991 e. The van der Waals surface area contributed by atoms with Gasteiger partial charge in [-0.25, -0.2) is 0 Å². The lowest BCUT2D eigenvalue weighted by Gasteiger charge is -2.10. The lowest BCUT2D eigenvalue weighted by atomic mass is 9.93. The summed E-state index contributed by atoms with van der Waals surface area (Å²) in [5, 5.41) is 17.4. The minimum Gasteiger partial charge on any atom is -0.198 e. The Morgan fingerprint density at radius 1 is 1.36 bits per heavy atom. The van der Waals surface area contributed by atoms with E-state index in [1.54, 1.807) is 6.07 Å². The summed E-state index contributed by atoms with van der Waals surface area (Å²) in [6.45, 7) is 2.06. The van der Waals surface area contributed by atoms with Crippen molar-refractivity contribution in [2.24, 2.45) is 0 Å². The predicted molar refractivity (Wildman–Crippen MR) is 54.4 cm³/mol. The molecule has 1 unspecified atom stereocenters. The van der Waals surface area contributed by atoms with Crippen LogP contribution < -0.4 is 0 Å². The monoisotopic (exact) mass is 184 g/mol. The van der Waals surface area contributed by atoms with E-state index in [-0.39, 0.29) is 5.92 Å². The van der Waals surface area contributed by atoms with Crippen LogP contribution in [0.2, 0.25) is 0 Å². The summed E-state index contributed by atoms with van der Waals surface area (Å²) in [4.78, 5) is 0. The third-order valence-corrected chi connectivity index (χ3v) is 2.32. The van der Waals surface area contributed by atoms with Crippen molar-refractivity contribution < 1.29 is 0 Å². The van der Waals surface area contributed by atoms with E-state index in [2.05, 4.69) is 19.1 Å². The Hall–Kier alpha value is -1.80. The first-order valence-electron chi connectivity index (χ1n) is 4.68. The van der Waals surface area contributed by atoms with Crippen molar-refractivity contribution >= 4 is 0 Å². The van der Waals surface area contributed by atoms with Gasteiger partial charge in [-0.3, -0.25) is 0 Å². The van der Waals surface area contributed by atoms with Crippen molar-refractivity contribution in [3.8, 4) is 12.1 Å². The first-order chi connectivity index (χ1) is 6.81. The van der Waals surface area contributed by atoms with E-state index in [9.17, 15) is 0 Å². The van der Waals surface area contributed by atoms with Crippen LogP contribution in [0.15, 0.2) is 24.3 Å². The molecule has 0 bridgehead atoms. The summed E-state index contributed by atoms with van der Waals surface area (Å²) in [7, 11) is 0. The number of nitriles is 2. The van der Waals surface area contributed by atoms with E-state index in [1.165, 1.54) is 0 Å². The van der Waals surface area contributed by atoms with Crippen LogP contribution in [0.4, 0.5) is 0 Å².